The maximum atomic E-state index is 13.4. The van der Waals surface area contributed by atoms with Crippen LogP contribution in [0.25, 0.3) is 11.2 Å². The second-order valence-corrected chi connectivity index (χ2v) is 10.9. The molecule has 45 heavy (non-hydrogen) atoms. The van der Waals surface area contributed by atoms with Crippen LogP contribution in [0.15, 0.2) is 91.4 Å². The van der Waals surface area contributed by atoms with Gasteiger partial charge in [-0.2, -0.15) is 0 Å². The van der Waals surface area contributed by atoms with Crippen molar-refractivity contribution in [1.82, 2.24) is 35.1 Å². The summed E-state index contributed by atoms with van der Waals surface area (Å²) in [7, 11) is 0. The molecule has 0 aliphatic carbocycles. The lowest BCUT2D eigenvalue weighted by atomic mass is 9.91. The van der Waals surface area contributed by atoms with Crippen molar-refractivity contribution >= 4 is 28.8 Å². The molecule has 2 aromatic carbocycles. The molecule has 1 saturated heterocycles. The Morgan fingerprint density at radius 2 is 1.64 bits per heavy atom. The van der Waals surface area contributed by atoms with E-state index in [0.717, 1.165) is 16.8 Å². The van der Waals surface area contributed by atoms with E-state index in [2.05, 4.69) is 60.2 Å². The predicted molar refractivity (Wildman–Crippen MR) is 171 cm³/mol. The Bertz CT molecular complexity index is 1690. The summed E-state index contributed by atoms with van der Waals surface area (Å²) in [6.45, 7) is 3.30. The van der Waals surface area contributed by atoms with E-state index in [-0.39, 0.29) is 17.6 Å². The summed E-state index contributed by atoms with van der Waals surface area (Å²) in [6.07, 6.45) is 4.12. The molecule has 2 unspecified atom stereocenters. The summed E-state index contributed by atoms with van der Waals surface area (Å²) in [5.74, 6) is -0.0574. The fourth-order valence-corrected chi connectivity index (χ4v) is 5.58. The first-order chi connectivity index (χ1) is 22.1. The van der Waals surface area contributed by atoms with Crippen molar-refractivity contribution < 1.29 is 14.3 Å². The Morgan fingerprint density at radius 3 is 2.33 bits per heavy atom. The summed E-state index contributed by atoms with van der Waals surface area (Å²) in [4.78, 5) is 44.1. The van der Waals surface area contributed by atoms with Crippen molar-refractivity contribution in [2.45, 2.75) is 44.4 Å². The van der Waals surface area contributed by atoms with Crippen molar-refractivity contribution in [1.29, 1.82) is 0 Å². The summed E-state index contributed by atoms with van der Waals surface area (Å²) < 4.78 is 7.91. The molecule has 1 aliphatic rings. The second kappa shape index (κ2) is 14.1. The maximum Gasteiger partial charge on any atom is 0.289 e. The third-order valence-corrected chi connectivity index (χ3v) is 7.85. The topological polar surface area (TPSA) is 136 Å². The van der Waals surface area contributed by atoms with E-state index in [4.69, 9.17) is 4.74 Å². The summed E-state index contributed by atoms with van der Waals surface area (Å²) >= 11 is 0. The number of benzene rings is 2. The number of ether oxygens (including phenoxy) is 1. The number of carbonyl (C=O) groups excluding carboxylic acids is 2. The first kappa shape index (κ1) is 29.9. The Labute approximate surface area is 261 Å². The van der Waals surface area contributed by atoms with Crippen molar-refractivity contribution in [2.75, 3.05) is 25.0 Å². The van der Waals surface area contributed by atoms with Crippen LogP contribution in [0.2, 0.25) is 0 Å². The molecule has 2 amide bonds. The van der Waals surface area contributed by atoms with Gasteiger partial charge < -0.3 is 20.7 Å². The molecule has 11 heteroatoms. The van der Waals surface area contributed by atoms with E-state index < -0.39 is 18.2 Å². The third kappa shape index (κ3) is 6.99. The van der Waals surface area contributed by atoms with E-state index in [1.807, 2.05) is 61.5 Å². The SMILES string of the molecule is CCNC(=O)C1CCC(n2cnc3c(NCC(c4ccccc4)c4ccccc4)nc(C(=O)NCCc4ccccn4)nc32)O1. The lowest BCUT2D eigenvalue weighted by molar-refractivity contribution is -0.133. The van der Waals surface area contributed by atoms with Gasteiger partial charge in [-0.1, -0.05) is 66.7 Å². The van der Waals surface area contributed by atoms with Gasteiger partial charge in [-0.15, -0.1) is 0 Å². The number of rotatable bonds is 12. The van der Waals surface area contributed by atoms with E-state index in [1.54, 1.807) is 17.1 Å². The monoisotopic (exact) mass is 604 g/mol. The number of nitrogens with zero attached hydrogens (tertiary/aromatic N) is 5. The van der Waals surface area contributed by atoms with Crippen LogP contribution in [0.5, 0.6) is 0 Å². The van der Waals surface area contributed by atoms with Gasteiger partial charge in [0, 0.05) is 43.9 Å². The van der Waals surface area contributed by atoms with Gasteiger partial charge in [-0.05, 0) is 43.0 Å². The van der Waals surface area contributed by atoms with Crippen LogP contribution in [-0.4, -0.2) is 62.1 Å². The van der Waals surface area contributed by atoms with Crippen LogP contribution in [0, 0.1) is 0 Å². The van der Waals surface area contributed by atoms with Crippen LogP contribution in [-0.2, 0) is 16.0 Å². The molecule has 0 spiro atoms. The summed E-state index contributed by atoms with van der Waals surface area (Å²) in [6, 6.07) is 26.2. The van der Waals surface area contributed by atoms with Gasteiger partial charge in [0.1, 0.15) is 12.3 Å². The number of carbonyl (C=O) groups is 2. The Kier molecular flexibility index (Phi) is 9.35. The van der Waals surface area contributed by atoms with E-state index in [1.165, 1.54) is 0 Å². The number of hydrogen-bond acceptors (Lipinski definition) is 8. The molecule has 2 atom stereocenters. The Morgan fingerprint density at radius 1 is 0.911 bits per heavy atom. The molecule has 0 saturated carbocycles. The highest BCUT2D eigenvalue weighted by molar-refractivity contribution is 5.94. The van der Waals surface area contributed by atoms with E-state index in [0.29, 0.717) is 55.9 Å². The lowest BCUT2D eigenvalue weighted by Crippen LogP contribution is -2.34. The smallest absolute Gasteiger partial charge is 0.289 e. The molecule has 0 radical (unpaired) electrons. The zero-order valence-electron chi connectivity index (χ0n) is 25.1. The molecule has 1 aliphatic heterocycles. The summed E-state index contributed by atoms with van der Waals surface area (Å²) in [5, 5.41) is 9.24. The first-order valence-electron chi connectivity index (χ1n) is 15.3. The number of likely N-dealkylation sites (N-methyl/N-ethyl adjacent to an activating group) is 1. The minimum absolute atomic E-state index is 0.0158. The molecule has 5 aromatic rings. The largest absolute Gasteiger partial charge is 0.367 e. The minimum Gasteiger partial charge on any atom is -0.367 e. The molecular formula is C34H36N8O3. The fourth-order valence-electron chi connectivity index (χ4n) is 5.58. The van der Waals surface area contributed by atoms with Crippen LogP contribution in [0.4, 0.5) is 5.82 Å². The molecule has 6 rings (SSSR count). The van der Waals surface area contributed by atoms with Gasteiger partial charge >= 0.3 is 0 Å². The summed E-state index contributed by atoms with van der Waals surface area (Å²) in [5.41, 5.74) is 4.15. The predicted octanol–water partition coefficient (Wildman–Crippen LogP) is 4.25. The highest BCUT2D eigenvalue weighted by atomic mass is 16.5. The second-order valence-electron chi connectivity index (χ2n) is 10.9. The molecule has 230 valence electrons. The minimum atomic E-state index is -0.557. The number of fused-ring (bicyclic) bond motifs is 1. The Balaban J connectivity index is 1.30. The third-order valence-electron chi connectivity index (χ3n) is 7.85. The number of anilines is 1. The number of aromatic nitrogens is 5. The lowest BCUT2D eigenvalue weighted by Gasteiger charge is -2.20. The van der Waals surface area contributed by atoms with Gasteiger partial charge in [0.25, 0.3) is 5.91 Å². The normalized spacial score (nSPS) is 16.1. The highest BCUT2D eigenvalue weighted by Gasteiger charge is 2.33. The molecular weight excluding hydrogens is 568 g/mol. The van der Waals surface area contributed by atoms with E-state index in [9.17, 15) is 9.59 Å². The average molecular weight is 605 g/mol. The highest BCUT2D eigenvalue weighted by Crippen LogP contribution is 2.32. The number of hydrogen-bond donors (Lipinski definition) is 3. The van der Waals surface area contributed by atoms with Crippen LogP contribution in [0.1, 0.15) is 59.4 Å². The molecule has 0 bridgehead atoms. The zero-order chi connectivity index (χ0) is 31.0. The zero-order valence-corrected chi connectivity index (χ0v) is 25.1. The van der Waals surface area contributed by atoms with E-state index >= 15 is 0 Å². The van der Waals surface area contributed by atoms with Crippen molar-refractivity contribution in [2.24, 2.45) is 0 Å². The number of nitrogens with one attached hydrogen (secondary N) is 3. The van der Waals surface area contributed by atoms with Gasteiger partial charge in [0.05, 0.1) is 6.33 Å². The molecule has 4 heterocycles. The van der Waals surface area contributed by atoms with Gasteiger partial charge in [-0.25, -0.2) is 15.0 Å². The van der Waals surface area contributed by atoms with Crippen LogP contribution >= 0.6 is 0 Å². The Hall–Kier alpha value is -5.16. The molecule has 11 nitrogen and oxygen atoms in total. The van der Waals surface area contributed by atoms with Gasteiger partial charge in [0.2, 0.25) is 11.7 Å². The van der Waals surface area contributed by atoms with Crippen molar-refractivity contribution in [3.8, 4) is 0 Å². The van der Waals surface area contributed by atoms with Gasteiger partial charge in [-0.3, -0.25) is 19.1 Å². The average Bonchev–Trinajstić information content (AvgIpc) is 3.74. The maximum absolute atomic E-state index is 13.4. The van der Waals surface area contributed by atoms with Crippen LogP contribution in [0.3, 0.4) is 0 Å². The fraction of sp³-hybridized carbons (Fsp3) is 0.294. The number of amides is 2. The number of imidazole rings is 1. The van der Waals surface area contributed by atoms with Crippen molar-refractivity contribution in [3.05, 3.63) is 114 Å². The molecule has 1 fully saturated rings. The van der Waals surface area contributed by atoms with Crippen LogP contribution < -0.4 is 16.0 Å². The van der Waals surface area contributed by atoms with Crippen molar-refractivity contribution in [3.63, 3.8) is 0 Å². The number of pyridine rings is 1. The quantitative estimate of drug-likeness (QED) is 0.192. The standard InChI is InChI=1S/C34H36N8O3/c1-2-35-33(43)27-16-17-28(45-27)42-22-39-29-30(38-21-26(23-11-5-3-6-12-23)24-13-7-4-8-14-24)40-31(41-32(29)42)34(44)37-20-18-25-15-9-10-19-36-25/h3-15,19,22,26-28H,2,16-18,20-21H2,1H3,(H,35,43)(H,37,44)(H,38,40,41). The first-order valence-corrected chi connectivity index (χ1v) is 15.3. The molecule has 3 N–H and O–H groups in total. The molecule has 3 aromatic heterocycles. The van der Waals surface area contributed by atoms with Gasteiger partial charge in [0.15, 0.2) is 17.0 Å².